The minimum atomic E-state index is -1.17. The molecule has 112 valence electrons. The lowest BCUT2D eigenvalue weighted by Crippen LogP contribution is -2.47. The van der Waals surface area contributed by atoms with Gasteiger partial charge in [-0.25, -0.2) is 9.59 Å². The Bertz CT molecular complexity index is 472. The van der Waals surface area contributed by atoms with E-state index in [4.69, 9.17) is 5.11 Å². The molecule has 0 saturated heterocycles. The standard InChI is InChI=1S/C12H20N4O4/c1-8(2)16(4-5-17)12(20)14-10(11(18)19)9-6-13-15(3)7-9/h6-8,10,17H,4-5H2,1-3H3,(H,14,20)(H,18,19). The van der Waals surface area contributed by atoms with Crippen molar-refractivity contribution >= 4 is 12.0 Å². The van der Waals surface area contributed by atoms with Gasteiger partial charge in [-0.3, -0.25) is 4.68 Å². The topological polar surface area (TPSA) is 108 Å². The van der Waals surface area contributed by atoms with E-state index >= 15 is 0 Å². The maximum Gasteiger partial charge on any atom is 0.331 e. The molecule has 0 aliphatic heterocycles. The Kier molecular flexibility index (Phi) is 5.51. The number of carboxylic acid groups (broad SMARTS) is 1. The molecule has 2 amide bonds. The lowest BCUT2D eigenvalue weighted by Gasteiger charge is -2.27. The first kappa shape index (κ1) is 16.0. The molecule has 0 bridgehead atoms. The molecule has 0 saturated carbocycles. The van der Waals surface area contributed by atoms with Crippen molar-refractivity contribution in [2.24, 2.45) is 7.05 Å². The second-order valence-corrected chi connectivity index (χ2v) is 4.68. The van der Waals surface area contributed by atoms with Crippen molar-refractivity contribution < 1.29 is 19.8 Å². The number of aromatic nitrogens is 2. The summed E-state index contributed by atoms with van der Waals surface area (Å²) in [5.74, 6) is -1.17. The smallest absolute Gasteiger partial charge is 0.331 e. The lowest BCUT2D eigenvalue weighted by atomic mass is 10.1. The molecule has 1 aromatic rings. The number of carbonyl (C=O) groups is 2. The molecule has 0 radical (unpaired) electrons. The van der Waals surface area contributed by atoms with E-state index in [0.29, 0.717) is 5.56 Å². The maximum atomic E-state index is 12.1. The van der Waals surface area contributed by atoms with E-state index in [1.54, 1.807) is 20.9 Å². The van der Waals surface area contributed by atoms with Crippen molar-refractivity contribution in [3.05, 3.63) is 18.0 Å². The first-order valence-electron chi connectivity index (χ1n) is 6.26. The van der Waals surface area contributed by atoms with E-state index in [-0.39, 0.29) is 19.2 Å². The van der Waals surface area contributed by atoms with E-state index in [0.717, 1.165) is 0 Å². The number of nitrogens with one attached hydrogen (secondary N) is 1. The predicted molar refractivity (Wildman–Crippen MR) is 71.0 cm³/mol. The largest absolute Gasteiger partial charge is 0.479 e. The SMILES string of the molecule is CC(C)N(CCO)C(=O)NC(C(=O)O)c1cnn(C)c1. The van der Waals surface area contributed by atoms with Gasteiger partial charge in [0.1, 0.15) is 0 Å². The van der Waals surface area contributed by atoms with E-state index in [1.807, 2.05) is 0 Å². The molecule has 1 aromatic heterocycles. The molecule has 1 atom stereocenters. The molecule has 8 heteroatoms. The number of carboxylic acids is 1. The molecule has 0 aromatic carbocycles. The van der Waals surface area contributed by atoms with Gasteiger partial charge in [-0.2, -0.15) is 5.10 Å². The van der Waals surface area contributed by atoms with Crippen LogP contribution >= 0.6 is 0 Å². The molecule has 0 fully saturated rings. The van der Waals surface area contributed by atoms with Gasteiger partial charge in [0.05, 0.1) is 12.8 Å². The molecule has 3 N–H and O–H groups in total. The third kappa shape index (κ3) is 3.95. The van der Waals surface area contributed by atoms with Crippen molar-refractivity contribution in [1.82, 2.24) is 20.0 Å². The second-order valence-electron chi connectivity index (χ2n) is 4.68. The first-order valence-corrected chi connectivity index (χ1v) is 6.26. The Morgan fingerprint density at radius 2 is 2.15 bits per heavy atom. The Morgan fingerprint density at radius 1 is 1.50 bits per heavy atom. The Hall–Kier alpha value is -2.09. The molecule has 20 heavy (non-hydrogen) atoms. The summed E-state index contributed by atoms with van der Waals surface area (Å²) in [6.45, 7) is 3.53. The summed E-state index contributed by atoms with van der Waals surface area (Å²) in [5, 5.41) is 24.5. The van der Waals surface area contributed by atoms with Crippen molar-refractivity contribution in [2.45, 2.75) is 25.9 Å². The number of aliphatic carboxylic acids is 1. The van der Waals surface area contributed by atoms with Gasteiger partial charge in [0, 0.05) is 31.4 Å². The number of carbonyl (C=O) groups excluding carboxylic acids is 1. The van der Waals surface area contributed by atoms with Gasteiger partial charge in [-0.15, -0.1) is 0 Å². The zero-order valence-corrected chi connectivity index (χ0v) is 11.8. The second kappa shape index (κ2) is 6.90. The highest BCUT2D eigenvalue weighted by Gasteiger charge is 2.26. The number of nitrogens with zero attached hydrogens (tertiary/aromatic N) is 3. The van der Waals surface area contributed by atoms with Gasteiger partial charge in [0.2, 0.25) is 0 Å². The summed E-state index contributed by atoms with van der Waals surface area (Å²) >= 11 is 0. The van der Waals surface area contributed by atoms with Crippen molar-refractivity contribution in [1.29, 1.82) is 0 Å². The average molecular weight is 284 g/mol. The Morgan fingerprint density at radius 3 is 2.55 bits per heavy atom. The number of amides is 2. The summed E-state index contributed by atoms with van der Waals surface area (Å²) in [4.78, 5) is 24.7. The quantitative estimate of drug-likeness (QED) is 0.679. The minimum Gasteiger partial charge on any atom is -0.479 e. The molecule has 0 spiro atoms. The minimum absolute atomic E-state index is 0.142. The summed E-state index contributed by atoms with van der Waals surface area (Å²) in [6.07, 6.45) is 2.93. The van der Waals surface area contributed by atoms with Crippen LogP contribution in [0.2, 0.25) is 0 Å². The van der Waals surface area contributed by atoms with Gasteiger partial charge < -0.3 is 20.4 Å². The summed E-state index contributed by atoms with van der Waals surface area (Å²) in [6, 6.07) is -1.85. The zero-order valence-electron chi connectivity index (χ0n) is 11.8. The molecule has 0 aliphatic carbocycles. The average Bonchev–Trinajstić information content (AvgIpc) is 2.78. The van der Waals surface area contributed by atoms with Crippen LogP contribution in [0.1, 0.15) is 25.5 Å². The van der Waals surface area contributed by atoms with Gasteiger partial charge in [-0.05, 0) is 13.8 Å². The molecule has 0 aliphatic rings. The van der Waals surface area contributed by atoms with Crippen molar-refractivity contribution in [2.75, 3.05) is 13.2 Å². The third-order valence-corrected chi connectivity index (χ3v) is 2.80. The summed E-state index contributed by atoms with van der Waals surface area (Å²) < 4.78 is 1.46. The number of hydrogen-bond acceptors (Lipinski definition) is 4. The van der Waals surface area contributed by atoms with Crippen LogP contribution in [-0.4, -0.2) is 56.1 Å². The number of rotatable bonds is 6. The lowest BCUT2D eigenvalue weighted by molar-refractivity contribution is -0.139. The number of aliphatic hydroxyl groups excluding tert-OH is 1. The van der Waals surface area contributed by atoms with Crippen molar-refractivity contribution in [3.63, 3.8) is 0 Å². The predicted octanol–water partition coefficient (Wildman–Crippen LogP) is -0.0419. The van der Waals surface area contributed by atoms with Crippen LogP contribution in [0.15, 0.2) is 12.4 Å². The number of hydrogen-bond donors (Lipinski definition) is 3. The van der Waals surface area contributed by atoms with E-state index in [2.05, 4.69) is 10.4 Å². The van der Waals surface area contributed by atoms with Crippen LogP contribution in [0.25, 0.3) is 0 Å². The molecular formula is C12H20N4O4. The monoisotopic (exact) mass is 284 g/mol. The summed E-state index contributed by atoms with van der Waals surface area (Å²) in [7, 11) is 1.66. The van der Waals surface area contributed by atoms with E-state index < -0.39 is 18.0 Å². The van der Waals surface area contributed by atoms with Gasteiger partial charge >= 0.3 is 12.0 Å². The molecule has 1 heterocycles. The van der Waals surface area contributed by atoms with Gasteiger partial charge in [-0.1, -0.05) is 0 Å². The van der Waals surface area contributed by atoms with Crippen LogP contribution in [0, 0.1) is 0 Å². The fourth-order valence-electron chi connectivity index (χ4n) is 1.79. The zero-order chi connectivity index (χ0) is 15.3. The summed E-state index contributed by atoms with van der Waals surface area (Å²) in [5.41, 5.74) is 0.390. The van der Waals surface area contributed by atoms with E-state index in [1.165, 1.54) is 22.0 Å². The molecule has 1 unspecified atom stereocenters. The van der Waals surface area contributed by atoms with Crippen LogP contribution in [0.3, 0.4) is 0 Å². The van der Waals surface area contributed by atoms with E-state index in [9.17, 15) is 14.7 Å². The normalized spacial score (nSPS) is 12.2. The van der Waals surface area contributed by atoms with Crippen LogP contribution < -0.4 is 5.32 Å². The van der Waals surface area contributed by atoms with Crippen LogP contribution in [-0.2, 0) is 11.8 Å². The highest BCUT2D eigenvalue weighted by Crippen LogP contribution is 2.13. The molecule has 1 rings (SSSR count). The molecule has 8 nitrogen and oxygen atoms in total. The highest BCUT2D eigenvalue weighted by molar-refractivity contribution is 5.83. The highest BCUT2D eigenvalue weighted by atomic mass is 16.4. The van der Waals surface area contributed by atoms with Crippen LogP contribution in [0.4, 0.5) is 4.79 Å². The molecular weight excluding hydrogens is 264 g/mol. The van der Waals surface area contributed by atoms with Gasteiger partial charge in [0.15, 0.2) is 6.04 Å². The number of aliphatic hydroxyl groups is 1. The fraction of sp³-hybridized carbons (Fsp3) is 0.583. The Balaban J connectivity index is 2.85. The number of urea groups is 1. The van der Waals surface area contributed by atoms with Crippen LogP contribution in [0.5, 0.6) is 0 Å². The Labute approximate surface area is 117 Å². The fourth-order valence-corrected chi connectivity index (χ4v) is 1.79. The maximum absolute atomic E-state index is 12.1. The first-order chi connectivity index (χ1) is 9.36. The third-order valence-electron chi connectivity index (χ3n) is 2.80. The van der Waals surface area contributed by atoms with Crippen molar-refractivity contribution in [3.8, 4) is 0 Å². The van der Waals surface area contributed by atoms with Gasteiger partial charge in [0.25, 0.3) is 0 Å². The number of aryl methyl sites for hydroxylation is 1.